The van der Waals surface area contributed by atoms with E-state index in [4.69, 9.17) is 4.74 Å². The summed E-state index contributed by atoms with van der Waals surface area (Å²) in [5, 5.41) is 10.8. The summed E-state index contributed by atoms with van der Waals surface area (Å²) >= 11 is 0. The van der Waals surface area contributed by atoms with Crippen LogP contribution in [-0.4, -0.2) is 17.0 Å². The number of hydrogen-bond donors (Lipinski definition) is 1. The van der Waals surface area contributed by atoms with Crippen LogP contribution in [0.25, 0.3) is 0 Å². The molecule has 1 N–H and O–H groups in total. The summed E-state index contributed by atoms with van der Waals surface area (Å²) in [6, 6.07) is 0. The van der Waals surface area contributed by atoms with Crippen LogP contribution in [0, 0.1) is 23.2 Å². The van der Waals surface area contributed by atoms with E-state index in [-0.39, 0.29) is 11.0 Å². The Bertz CT molecular complexity index is 321. The molecule has 5 rings (SSSR count). The van der Waals surface area contributed by atoms with Crippen LogP contribution in [-0.2, 0) is 4.74 Å². The number of hydrogen-bond acceptors (Lipinski definition) is 2. The molecule has 1 unspecified atom stereocenters. The quantitative estimate of drug-likeness (QED) is 0.784. The molecule has 5 aliphatic rings. The first-order valence-electron chi connectivity index (χ1n) is 8.43. The Labute approximate surface area is 116 Å². The summed E-state index contributed by atoms with van der Waals surface area (Å²) in [5.74, 6) is 2.67. The molecular formula is C17H28O2. The van der Waals surface area contributed by atoms with Crippen molar-refractivity contribution < 1.29 is 9.84 Å². The highest BCUT2D eigenvalue weighted by Gasteiger charge is 2.55. The van der Waals surface area contributed by atoms with Gasteiger partial charge in [0.2, 0.25) is 0 Å². The predicted octanol–water partition coefficient (Wildman–Crippen LogP) is 3.87. The van der Waals surface area contributed by atoms with Crippen LogP contribution in [0.5, 0.6) is 0 Å². The van der Waals surface area contributed by atoms with Gasteiger partial charge in [-0.05, 0) is 76.0 Å². The van der Waals surface area contributed by atoms with Crippen molar-refractivity contribution in [1.29, 1.82) is 0 Å². The summed E-state index contributed by atoms with van der Waals surface area (Å²) in [5.41, 5.74) is 0.0864. The first kappa shape index (κ1) is 12.6. The second-order valence-corrected chi connectivity index (χ2v) is 8.41. The maximum Gasteiger partial charge on any atom is 0.160 e. The van der Waals surface area contributed by atoms with Gasteiger partial charge < -0.3 is 9.84 Å². The molecule has 5 fully saturated rings. The highest BCUT2D eigenvalue weighted by Crippen LogP contribution is 2.61. The van der Waals surface area contributed by atoms with Crippen LogP contribution < -0.4 is 0 Å². The Morgan fingerprint density at radius 2 is 1.42 bits per heavy atom. The molecule has 0 aromatic rings. The van der Waals surface area contributed by atoms with Crippen LogP contribution in [0.2, 0.25) is 0 Å². The smallest absolute Gasteiger partial charge is 0.160 e. The summed E-state index contributed by atoms with van der Waals surface area (Å²) < 4.78 is 6.24. The highest BCUT2D eigenvalue weighted by atomic mass is 16.6. The second-order valence-electron chi connectivity index (χ2n) is 8.41. The molecule has 5 saturated carbocycles. The van der Waals surface area contributed by atoms with Gasteiger partial charge in [-0.3, -0.25) is 0 Å². The zero-order valence-corrected chi connectivity index (χ0v) is 12.2. The van der Waals surface area contributed by atoms with Crippen LogP contribution >= 0.6 is 0 Å². The van der Waals surface area contributed by atoms with E-state index < -0.39 is 6.29 Å². The highest BCUT2D eigenvalue weighted by molar-refractivity contribution is 5.03. The van der Waals surface area contributed by atoms with Crippen molar-refractivity contribution in [1.82, 2.24) is 0 Å². The third-order valence-corrected chi connectivity index (χ3v) is 6.67. The van der Waals surface area contributed by atoms with E-state index in [1.807, 2.05) is 0 Å². The SMILES string of the molecule is CC1(OC(O)C23CC4CC(CC(C4)C2)C3)CCCC1. The predicted molar refractivity (Wildman–Crippen MR) is 74.6 cm³/mol. The molecule has 0 amide bonds. The fourth-order valence-electron chi connectivity index (χ4n) is 6.12. The summed E-state index contributed by atoms with van der Waals surface area (Å²) in [4.78, 5) is 0. The lowest BCUT2D eigenvalue weighted by Crippen LogP contribution is -2.54. The first-order chi connectivity index (χ1) is 9.07. The van der Waals surface area contributed by atoms with Crippen LogP contribution in [0.3, 0.4) is 0 Å². The Morgan fingerprint density at radius 1 is 0.947 bits per heavy atom. The lowest BCUT2D eigenvalue weighted by Gasteiger charge is -2.58. The van der Waals surface area contributed by atoms with Gasteiger partial charge >= 0.3 is 0 Å². The Balaban J connectivity index is 1.51. The van der Waals surface area contributed by atoms with Gasteiger partial charge in [0.15, 0.2) is 6.29 Å². The van der Waals surface area contributed by atoms with Gasteiger partial charge in [0.05, 0.1) is 5.60 Å². The minimum atomic E-state index is -0.496. The maximum atomic E-state index is 10.8. The van der Waals surface area contributed by atoms with Gasteiger partial charge in [-0.15, -0.1) is 0 Å². The minimum absolute atomic E-state index is 0.0389. The average Bonchev–Trinajstić information content (AvgIpc) is 2.74. The van der Waals surface area contributed by atoms with Gasteiger partial charge in [-0.1, -0.05) is 12.8 Å². The van der Waals surface area contributed by atoms with E-state index in [0.29, 0.717) is 0 Å². The van der Waals surface area contributed by atoms with Crippen molar-refractivity contribution in [2.75, 3.05) is 0 Å². The fraction of sp³-hybridized carbons (Fsp3) is 1.00. The Morgan fingerprint density at radius 3 is 1.89 bits per heavy atom. The van der Waals surface area contributed by atoms with E-state index in [2.05, 4.69) is 6.92 Å². The van der Waals surface area contributed by atoms with E-state index in [1.54, 1.807) is 0 Å². The van der Waals surface area contributed by atoms with Crippen molar-refractivity contribution in [3.8, 4) is 0 Å². The Kier molecular flexibility index (Phi) is 2.80. The van der Waals surface area contributed by atoms with E-state index in [0.717, 1.165) is 30.6 Å². The molecule has 0 aliphatic heterocycles. The van der Waals surface area contributed by atoms with Gasteiger partial charge in [0.25, 0.3) is 0 Å². The van der Waals surface area contributed by atoms with Crippen LogP contribution in [0.4, 0.5) is 0 Å². The normalized spacial score (nSPS) is 48.6. The molecule has 0 spiro atoms. The zero-order chi connectivity index (χ0) is 13.1. The molecule has 0 aromatic carbocycles. The molecule has 2 heteroatoms. The molecular weight excluding hydrogens is 236 g/mol. The monoisotopic (exact) mass is 264 g/mol. The number of ether oxygens (including phenoxy) is 1. The van der Waals surface area contributed by atoms with Crippen molar-refractivity contribution in [2.24, 2.45) is 23.2 Å². The zero-order valence-electron chi connectivity index (χ0n) is 12.2. The van der Waals surface area contributed by atoms with Crippen molar-refractivity contribution in [2.45, 2.75) is 83.0 Å². The molecule has 0 radical (unpaired) electrons. The average molecular weight is 264 g/mol. The van der Waals surface area contributed by atoms with E-state index in [9.17, 15) is 5.11 Å². The largest absolute Gasteiger partial charge is 0.367 e. The molecule has 5 aliphatic carbocycles. The molecule has 4 bridgehead atoms. The summed E-state index contributed by atoms with van der Waals surface area (Å²) in [6.45, 7) is 2.21. The van der Waals surface area contributed by atoms with Gasteiger partial charge in [-0.25, -0.2) is 0 Å². The van der Waals surface area contributed by atoms with Gasteiger partial charge in [-0.2, -0.15) is 0 Å². The fourth-order valence-corrected chi connectivity index (χ4v) is 6.12. The number of aliphatic hydroxyl groups excluding tert-OH is 1. The molecule has 0 saturated heterocycles. The van der Waals surface area contributed by atoms with Gasteiger partial charge in [0, 0.05) is 5.41 Å². The standard InChI is InChI=1S/C17H28O2/c1-16(4-2-3-5-16)19-15(18)17-9-12-6-13(10-17)8-14(7-12)11-17/h12-15,18H,2-11H2,1H3. The van der Waals surface area contributed by atoms with E-state index >= 15 is 0 Å². The molecule has 0 heterocycles. The summed E-state index contributed by atoms with van der Waals surface area (Å²) in [7, 11) is 0. The molecule has 0 aromatic heterocycles. The molecule has 19 heavy (non-hydrogen) atoms. The Hall–Kier alpha value is -0.0800. The lowest BCUT2D eigenvalue weighted by atomic mass is 9.49. The van der Waals surface area contributed by atoms with Crippen molar-refractivity contribution in [3.05, 3.63) is 0 Å². The van der Waals surface area contributed by atoms with Crippen LogP contribution in [0.15, 0.2) is 0 Å². The topological polar surface area (TPSA) is 29.5 Å². The third kappa shape index (κ3) is 2.06. The van der Waals surface area contributed by atoms with Crippen molar-refractivity contribution in [3.63, 3.8) is 0 Å². The second kappa shape index (κ2) is 4.21. The number of aliphatic hydroxyl groups is 1. The summed E-state index contributed by atoms with van der Waals surface area (Å²) in [6.07, 6.45) is 12.3. The number of rotatable bonds is 3. The third-order valence-electron chi connectivity index (χ3n) is 6.67. The van der Waals surface area contributed by atoms with Crippen LogP contribution in [0.1, 0.15) is 71.1 Å². The van der Waals surface area contributed by atoms with Crippen molar-refractivity contribution >= 4 is 0 Å². The minimum Gasteiger partial charge on any atom is -0.367 e. The molecule has 1 atom stereocenters. The lowest BCUT2D eigenvalue weighted by molar-refractivity contribution is -0.266. The van der Waals surface area contributed by atoms with E-state index in [1.165, 1.54) is 51.4 Å². The van der Waals surface area contributed by atoms with Gasteiger partial charge in [0.1, 0.15) is 0 Å². The molecule has 2 nitrogen and oxygen atoms in total. The first-order valence-corrected chi connectivity index (χ1v) is 8.43. The molecule has 108 valence electrons. The maximum absolute atomic E-state index is 10.8.